The topological polar surface area (TPSA) is 46.6 Å². The predicted molar refractivity (Wildman–Crippen MR) is 56.6 cm³/mol. The maximum atomic E-state index is 11.5. The van der Waals surface area contributed by atoms with Crippen LogP contribution in [0, 0.1) is 6.92 Å². The third-order valence-corrected chi connectivity index (χ3v) is 2.14. The fourth-order valence-electron chi connectivity index (χ4n) is 1.27. The molecule has 0 aliphatic heterocycles. The number of para-hydroxylation sites is 1. The lowest BCUT2D eigenvalue weighted by Gasteiger charge is -2.17. The molecule has 0 aromatic heterocycles. The largest absolute Gasteiger partial charge is 0.462 e. The molecule has 0 saturated heterocycles. The summed E-state index contributed by atoms with van der Waals surface area (Å²) in [5, 5.41) is 0. The lowest BCUT2D eigenvalue weighted by molar-refractivity contribution is -0.151. The molecule has 0 bridgehead atoms. The number of carbonyl (C=O) groups is 2. The van der Waals surface area contributed by atoms with Crippen LogP contribution in [-0.2, 0) is 14.3 Å². The molecule has 1 rings (SSSR count). The average molecular weight is 207 g/mol. The smallest absolute Gasteiger partial charge is 0.397 e. The van der Waals surface area contributed by atoms with Gasteiger partial charge < -0.3 is 9.64 Å². The van der Waals surface area contributed by atoms with Crippen LogP contribution < -0.4 is 4.90 Å². The van der Waals surface area contributed by atoms with Gasteiger partial charge >= 0.3 is 11.9 Å². The first-order valence-electron chi connectivity index (χ1n) is 4.49. The van der Waals surface area contributed by atoms with Gasteiger partial charge in [0, 0.05) is 12.7 Å². The van der Waals surface area contributed by atoms with Gasteiger partial charge in [0.1, 0.15) is 0 Å². The van der Waals surface area contributed by atoms with Crippen molar-refractivity contribution in [1.82, 2.24) is 0 Å². The zero-order valence-electron chi connectivity index (χ0n) is 8.98. The van der Waals surface area contributed by atoms with Crippen LogP contribution in [0.3, 0.4) is 0 Å². The second-order valence-corrected chi connectivity index (χ2v) is 3.14. The molecule has 0 saturated carbocycles. The molecule has 0 heterocycles. The Balaban J connectivity index is 2.95. The summed E-state index contributed by atoms with van der Waals surface area (Å²) in [5.74, 6) is -1.53. The number of ether oxygens (including phenoxy) is 1. The van der Waals surface area contributed by atoms with Crippen molar-refractivity contribution in [1.29, 1.82) is 0 Å². The van der Waals surface area contributed by atoms with Gasteiger partial charge in [0.25, 0.3) is 0 Å². The number of anilines is 1. The van der Waals surface area contributed by atoms with Gasteiger partial charge in [-0.05, 0) is 18.6 Å². The lowest BCUT2D eigenvalue weighted by Crippen LogP contribution is -2.34. The van der Waals surface area contributed by atoms with Crippen LogP contribution in [0.25, 0.3) is 0 Å². The van der Waals surface area contributed by atoms with E-state index in [0.717, 1.165) is 5.56 Å². The molecule has 0 N–H and O–H groups in total. The number of esters is 1. The molecule has 0 spiro atoms. The summed E-state index contributed by atoms with van der Waals surface area (Å²) in [4.78, 5) is 23.8. The highest BCUT2D eigenvalue weighted by atomic mass is 16.5. The Morgan fingerprint density at radius 1 is 1.27 bits per heavy atom. The first-order chi connectivity index (χ1) is 7.07. The molecule has 1 amide bonds. The fraction of sp³-hybridized carbons (Fsp3) is 0.273. The van der Waals surface area contributed by atoms with Crippen LogP contribution in [0.2, 0.25) is 0 Å². The van der Waals surface area contributed by atoms with Gasteiger partial charge in [0.2, 0.25) is 0 Å². The third-order valence-electron chi connectivity index (χ3n) is 2.14. The quantitative estimate of drug-likeness (QED) is 0.512. The standard InChI is InChI=1S/C11H13NO3/c1-8-6-4-5-7-9(8)12(2)10(13)11(14)15-3/h4-7H,1-3H3. The molecule has 1 aromatic carbocycles. The highest BCUT2D eigenvalue weighted by Gasteiger charge is 2.21. The van der Waals surface area contributed by atoms with Crippen LogP contribution in [0.15, 0.2) is 24.3 Å². The molecule has 15 heavy (non-hydrogen) atoms. The van der Waals surface area contributed by atoms with E-state index in [-0.39, 0.29) is 0 Å². The average Bonchev–Trinajstić information content (AvgIpc) is 2.26. The van der Waals surface area contributed by atoms with E-state index in [1.54, 1.807) is 13.1 Å². The van der Waals surface area contributed by atoms with Gasteiger partial charge in [0.05, 0.1) is 7.11 Å². The van der Waals surface area contributed by atoms with Gasteiger partial charge in [-0.25, -0.2) is 4.79 Å². The molecule has 0 aliphatic rings. The molecule has 0 aliphatic carbocycles. The summed E-state index contributed by atoms with van der Waals surface area (Å²) in [6.07, 6.45) is 0. The van der Waals surface area contributed by atoms with E-state index in [2.05, 4.69) is 4.74 Å². The molecule has 0 radical (unpaired) electrons. The Bertz CT molecular complexity index is 387. The summed E-state index contributed by atoms with van der Waals surface area (Å²) in [6.45, 7) is 1.87. The number of nitrogens with zero attached hydrogens (tertiary/aromatic N) is 1. The van der Waals surface area contributed by atoms with Crippen LogP contribution in [0.5, 0.6) is 0 Å². The number of amides is 1. The third kappa shape index (κ3) is 2.34. The van der Waals surface area contributed by atoms with Crippen molar-refractivity contribution in [3.63, 3.8) is 0 Å². The van der Waals surface area contributed by atoms with Gasteiger partial charge in [-0.15, -0.1) is 0 Å². The number of rotatable bonds is 1. The minimum atomic E-state index is -0.860. The van der Waals surface area contributed by atoms with Gasteiger partial charge in [0.15, 0.2) is 0 Å². The Kier molecular flexibility index (Phi) is 3.44. The number of aryl methyl sites for hydroxylation is 1. The lowest BCUT2D eigenvalue weighted by atomic mass is 10.2. The van der Waals surface area contributed by atoms with Crippen molar-refractivity contribution in [2.24, 2.45) is 0 Å². The first kappa shape index (κ1) is 11.2. The Hall–Kier alpha value is -1.84. The molecule has 1 aromatic rings. The number of benzene rings is 1. The molecular weight excluding hydrogens is 194 g/mol. The summed E-state index contributed by atoms with van der Waals surface area (Å²) in [7, 11) is 2.73. The fourth-order valence-corrected chi connectivity index (χ4v) is 1.27. The molecular formula is C11H13NO3. The van der Waals surface area contributed by atoms with E-state index in [9.17, 15) is 9.59 Å². The van der Waals surface area contributed by atoms with Crippen LogP contribution >= 0.6 is 0 Å². The normalized spacial score (nSPS) is 9.53. The minimum absolute atomic E-state index is 0.674. The van der Waals surface area contributed by atoms with E-state index in [1.165, 1.54) is 12.0 Å². The van der Waals surface area contributed by atoms with E-state index >= 15 is 0 Å². The van der Waals surface area contributed by atoms with Gasteiger partial charge in [-0.1, -0.05) is 18.2 Å². The molecule has 4 nitrogen and oxygen atoms in total. The maximum absolute atomic E-state index is 11.5. The van der Waals surface area contributed by atoms with Crippen molar-refractivity contribution in [3.05, 3.63) is 29.8 Å². The van der Waals surface area contributed by atoms with Crippen molar-refractivity contribution in [2.75, 3.05) is 19.1 Å². The maximum Gasteiger partial charge on any atom is 0.397 e. The minimum Gasteiger partial charge on any atom is -0.462 e. The second-order valence-electron chi connectivity index (χ2n) is 3.14. The van der Waals surface area contributed by atoms with Crippen molar-refractivity contribution < 1.29 is 14.3 Å². The summed E-state index contributed by atoms with van der Waals surface area (Å²) in [5.41, 5.74) is 1.63. The molecule has 4 heteroatoms. The van der Waals surface area contributed by atoms with Gasteiger partial charge in [-0.3, -0.25) is 4.79 Å². The second kappa shape index (κ2) is 4.59. The van der Waals surface area contributed by atoms with Crippen LogP contribution in [0.4, 0.5) is 5.69 Å². The zero-order chi connectivity index (χ0) is 11.4. The number of carbonyl (C=O) groups excluding carboxylic acids is 2. The van der Waals surface area contributed by atoms with E-state index in [4.69, 9.17) is 0 Å². The van der Waals surface area contributed by atoms with E-state index in [1.807, 2.05) is 25.1 Å². The van der Waals surface area contributed by atoms with Gasteiger partial charge in [-0.2, -0.15) is 0 Å². The van der Waals surface area contributed by atoms with Crippen molar-refractivity contribution in [2.45, 2.75) is 6.92 Å². The number of hydrogen-bond donors (Lipinski definition) is 0. The van der Waals surface area contributed by atoms with E-state index in [0.29, 0.717) is 5.69 Å². The first-order valence-corrected chi connectivity index (χ1v) is 4.49. The molecule has 0 fully saturated rings. The summed E-state index contributed by atoms with van der Waals surface area (Å²) >= 11 is 0. The Morgan fingerprint density at radius 2 is 1.87 bits per heavy atom. The highest BCUT2D eigenvalue weighted by molar-refractivity contribution is 6.38. The zero-order valence-corrected chi connectivity index (χ0v) is 8.98. The van der Waals surface area contributed by atoms with Crippen molar-refractivity contribution in [3.8, 4) is 0 Å². The summed E-state index contributed by atoms with van der Waals surface area (Å²) < 4.78 is 4.36. The monoisotopic (exact) mass is 207 g/mol. The summed E-state index contributed by atoms with van der Waals surface area (Å²) in [6, 6.07) is 7.32. The molecule has 0 unspecified atom stereocenters. The number of methoxy groups -OCH3 is 1. The Morgan fingerprint density at radius 3 is 2.40 bits per heavy atom. The Labute approximate surface area is 88.5 Å². The van der Waals surface area contributed by atoms with E-state index < -0.39 is 11.9 Å². The molecule has 0 atom stereocenters. The van der Waals surface area contributed by atoms with Crippen molar-refractivity contribution >= 4 is 17.6 Å². The number of hydrogen-bond acceptors (Lipinski definition) is 3. The van der Waals surface area contributed by atoms with Crippen LogP contribution in [-0.4, -0.2) is 26.0 Å². The SMILES string of the molecule is COC(=O)C(=O)N(C)c1ccccc1C. The van der Waals surface area contributed by atoms with Crippen LogP contribution in [0.1, 0.15) is 5.56 Å². The highest BCUT2D eigenvalue weighted by Crippen LogP contribution is 2.17. The predicted octanol–water partition coefficient (Wildman–Crippen LogP) is 1.13. The molecule has 80 valence electrons. The number of likely N-dealkylation sites (N-methyl/N-ethyl adjacent to an activating group) is 1.